The predicted octanol–water partition coefficient (Wildman–Crippen LogP) is 3.18. The topological polar surface area (TPSA) is 58.6 Å². The van der Waals surface area contributed by atoms with Crippen LogP contribution in [0.3, 0.4) is 0 Å². The van der Waals surface area contributed by atoms with Gasteiger partial charge in [-0.15, -0.1) is 0 Å². The quantitative estimate of drug-likeness (QED) is 0.692. The van der Waals surface area contributed by atoms with Gasteiger partial charge in [-0.05, 0) is 11.1 Å². The summed E-state index contributed by atoms with van der Waals surface area (Å²) in [6.07, 6.45) is 0. The van der Waals surface area contributed by atoms with Gasteiger partial charge in [0, 0.05) is 26.1 Å². The average Bonchev–Trinajstić information content (AvgIpc) is 2.68. The number of hydrogen-bond acceptors (Lipinski definition) is 3. The van der Waals surface area contributed by atoms with Crippen LogP contribution in [0.4, 0.5) is 0 Å². The molecule has 0 heterocycles. The molecule has 0 radical (unpaired) electrons. The lowest BCUT2D eigenvalue weighted by Gasteiger charge is -2.33. The van der Waals surface area contributed by atoms with Crippen LogP contribution in [0.5, 0.6) is 0 Å². The fourth-order valence-corrected chi connectivity index (χ4v) is 2.89. The van der Waals surface area contributed by atoms with Crippen LogP contribution in [0.15, 0.2) is 60.7 Å². The van der Waals surface area contributed by atoms with E-state index in [1.807, 2.05) is 74.5 Å². The van der Waals surface area contributed by atoms with Crippen molar-refractivity contribution in [3.63, 3.8) is 0 Å². The van der Waals surface area contributed by atoms with E-state index in [4.69, 9.17) is 4.74 Å². The molecule has 5 heteroatoms. The maximum Gasteiger partial charge on any atom is 0.247 e. The number of carbonyl (C=O) groups excluding carboxylic acids is 2. The first-order valence-corrected chi connectivity index (χ1v) is 9.20. The van der Waals surface area contributed by atoms with Crippen molar-refractivity contribution in [3.8, 4) is 0 Å². The Bertz CT molecular complexity index is 717. The Balaban J connectivity index is 2.38. The van der Waals surface area contributed by atoms with Gasteiger partial charge in [0.1, 0.15) is 6.04 Å². The third-order valence-corrected chi connectivity index (χ3v) is 4.25. The molecule has 0 fully saturated rings. The monoisotopic (exact) mass is 368 g/mol. The second kappa shape index (κ2) is 10.5. The summed E-state index contributed by atoms with van der Waals surface area (Å²) in [5, 5.41) is 2.88. The first-order valence-electron chi connectivity index (χ1n) is 9.20. The van der Waals surface area contributed by atoms with Gasteiger partial charge in [-0.25, -0.2) is 0 Å². The first kappa shape index (κ1) is 20.6. The van der Waals surface area contributed by atoms with Gasteiger partial charge in [-0.1, -0.05) is 74.5 Å². The summed E-state index contributed by atoms with van der Waals surface area (Å²) in [7, 11) is 1.59. The van der Waals surface area contributed by atoms with Crippen LogP contribution in [0, 0.1) is 5.92 Å². The molecule has 144 valence electrons. The fraction of sp³-hybridized carbons (Fsp3) is 0.364. The predicted molar refractivity (Wildman–Crippen MR) is 106 cm³/mol. The van der Waals surface area contributed by atoms with Crippen LogP contribution in [0.25, 0.3) is 0 Å². The molecule has 2 aromatic carbocycles. The van der Waals surface area contributed by atoms with Crippen LogP contribution in [0.1, 0.15) is 31.0 Å². The number of nitrogens with zero attached hydrogens (tertiary/aromatic N) is 1. The second-order valence-corrected chi connectivity index (χ2v) is 6.70. The van der Waals surface area contributed by atoms with Crippen LogP contribution in [-0.4, -0.2) is 37.0 Å². The maximum absolute atomic E-state index is 13.0. The lowest BCUT2D eigenvalue weighted by Crippen LogP contribution is -2.45. The zero-order chi connectivity index (χ0) is 19.6. The molecule has 2 amide bonds. The Morgan fingerprint density at radius 1 is 1.00 bits per heavy atom. The molecule has 0 aliphatic carbocycles. The Hall–Kier alpha value is -2.66. The van der Waals surface area contributed by atoms with E-state index in [0.717, 1.165) is 11.1 Å². The van der Waals surface area contributed by atoms with E-state index in [1.54, 1.807) is 12.0 Å². The molecule has 0 saturated carbocycles. The van der Waals surface area contributed by atoms with E-state index in [1.165, 1.54) is 0 Å². The number of carbonyl (C=O) groups is 2. The minimum absolute atomic E-state index is 0.0606. The molecule has 0 spiro atoms. The highest BCUT2D eigenvalue weighted by Gasteiger charge is 2.32. The number of benzene rings is 2. The third kappa shape index (κ3) is 5.93. The van der Waals surface area contributed by atoms with Crippen LogP contribution < -0.4 is 5.32 Å². The lowest BCUT2D eigenvalue weighted by atomic mass is 10.0. The Labute approximate surface area is 161 Å². The molecular weight excluding hydrogens is 340 g/mol. The SMILES string of the molecule is COCCNC(=O)[C@H](c1ccccc1)N(Cc1ccccc1)C(=O)C(C)C. The normalized spacial score (nSPS) is 11.9. The highest BCUT2D eigenvalue weighted by atomic mass is 16.5. The molecule has 27 heavy (non-hydrogen) atoms. The number of rotatable bonds is 9. The van der Waals surface area contributed by atoms with Gasteiger partial charge < -0.3 is 15.0 Å². The molecule has 0 aliphatic rings. The van der Waals surface area contributed by atoms with E-state index in [0.29, 0.717) is 19.7 Å². The Morgan fingerprint density at radius 3 is 2.15 bits per heavy atom. The summed E-state index contributed by atoms with van der Waals surface area (Å²) in [5.74, 6) is -0.482. The second-order valence-electron chi connectivity index (χ2n) is 6.70. The van der Waals surface area contributed by atoms with E-state index < -0.39 is 6.04 Å². The van der Waals surface area contributed by atoms with Gasteiger partial charge >= 0.3 is 0 Å². The smallest absolute Gasteiger partial charge is 0.247 e. The Morgan fingerprint density at radius 2 is 1.59 bits per heavy atom. The molecule has 0 aromatic heterocycles. The summed E-state index contributed by atoms with van der Waals surface area (Å²) in [6.45, 7) is 4.89. The molecule has 0 saturated heterocycles. The van der Waals surface area contributed by atoms with Crippen molar-refractivity contribution in [2.45, 2.75) is 26.4 Å². The molecule has 5 nitrogen and oxygen atoms in total. The van der Waals surface area contributed by atoms with Crippen LogP contribution in [0.2, 0.25) is 0 Å². The Kier molecular flexibility index (Phi) is 8.01. The van der Waals surface area contributed by atoms with Gasteiger partial charge in [0.25, 0.3) is 0 Å². The molecule has 0 aliphatic heterocycles. The number of hydrogen-bond donors (Lipinski definition) is 1. The number of ether oxygens (including phenoxy) is 1. The number of nitrogens with one attached hydrogen (secondary N) is 1. The van der Waals surface area contributed by atoms with Gasteiger partial charge in [0.2, 0.25) is 11.8 Å². The van der Waals surface area contributed by atoms with Crippen LogP contribution in [-0.2, 0) is 20.9 Å². The summed E-state index contributed by atoms with van der Waals surface area (Å²) < 4.78 is 5.02. The van der Waals surface area contributed by atoms with Crippen molar-refractivity contribution in [1.29, 1.82) is 0 Å². The molecule has 2 rings (SSSR count). The van der Waals surface area contributed by atoms with E-state index in [2.05, 4.69) is 5.32 Å². The van der Waals surface area contributed by atoms with Gasteiger partial charge in [0.05, 0.1) is 6.61 Å². The van der Waals surface area contributed by atoms with Gasteiger partial charge in [-0.3, -0.25) is 9.59 Å². The summed E-state index contributed by atoms with van der Waals surface area (Å²) >= 11 is 0. The van der Waals surface area contributed by atoms with Crippen molar-refractivity contribution >= 4 is 11.8 Å². The highest BCUT2D eigenvalue weighted by Crippen LogP contribution is 2.25. The van der Waals surface area contributed by atoms with Crippen LogP contribution >= 0.6 is 0 Å². The van der Waals surface area contributed by atoms with E-state index in [9.17, 15) is 9.59 Å². The third-order valence-electron chi connectivity index (χ3n) is 4.25. The first-order chi connectivity index (χ1) is 13.0. The van der Waals surface area contributed by atoms with Crippen molar-refractivity contribution in [3.05, 3.63) is 71.8 Å². The summed E-state index contributed by atoms with van der Waals surface area (Å²) in [5.41, 5.74) is 1.77. The van der Waals surface area contributed by atoms with Gasteiger partial charge in [0.15, 0.2) is 0 Å². The van der Waals surface area contributed by atoms with Crippen molar-refractivity contribution in [2.24, 2.45) is 5.92 Å². The minimum atomic E-state index is -0.696. The van der Waals surface area contributed by atoms with Crippen molar-refractivity contribution < 1.29 is 14.3 Å². The maximum atomic E-state index is 13.0. The summed E-state index contributed by atoms with van der Waals surface area (Å²) in [4.78, 5) is 27.7. The van der Waals surface area contributed by atoms with E-state index >= 15 is 0 Å². The largest absolute Gasteiger partial charge is 0.383 e. The lowest BCUT2D eigenvalue weighted by molar-refractivity contribution is -0.144. The molecule has 1 atom stereocenters. The summed E-state index contributed by atoms with van der Waals surface area (Å²) in [6, 6.07) is 18.5. The fourth-order valence-electron chi connectivity index (χ4n) is 2.89. The van der Waals surface area contributed by atoms with Crippen molar-refractivity contribution in [1.82, 2.24) is 10.2 Å². The van der Waals surface area contributed by atoms with Gasteiger partial charge in [-0.2, -0.15) is 0 Å². The minimum Gasteiger partial charge on any atom is -0.383 e. The standard InChI is InChI=1S/C22H28N2O3/c1-17(2)22(26)24(16-18-10-6-4-7-11-18)20(19-12-8-5-9-13-19)21(25)23-14-15-27-3/h4-13,17,20H,14-16H2,1-3H3,(H,23,25)/t20-/m0/s1. The molecule has 0 unspecified atom stereocenters. The highest BCUT2D eigenvalue weighted by molar-refractivity contribution is 5.89. The average molecular weight is 368 g/mol. The number of methoxy groups -OCH3 is 1. The van der Waals surface area contributed by atoms with Crippen molar-refractivity contribution in [2.75, 3.05) is 20.3 Å². The van der Waals surface area contributed by atoms with E-state index in [-0.39, 0.29) is 17.7 Å². The molecule has 1 N–H and O–H groups in total. The molecule has 0 bridgehead atoms. The number of amides is 2. The zero-order valence-corrected chi connectivity index (χ0v) is 16.2. The zero-order valence-electron chi connectivity index (χ0n) is 16.2. The molecule has 2 aromatic rings. The molecular formula is C22H28N2O3.